The molecule has 0 aromatic rings. The van der Waals surface area contributed by atoms with E-state index in [0.717, 1.165) is 13.0 Å². The lowest BCUT2D eigenvalue weighted by molar-refractivity contribution is -0.585. The van der Waals surface area contributed by atoms with Crippen LogP contribution in [-0.4, -0.2) is 12.5 Å². The van der Waals surface area contributed by atoms with Gasteiger partial charge < -0.3 is 0 Å². The molecule has 2 nitrogen and oxygen atoms in total. The average molecular weight is 126 g/mol. The van der Waals surface area contributed by atoms with Crippen molar-refractivity contribution >= 4 is 5.91 Å². The second kappa shape index (κ2) is 1.57. The lowest BCUT2D eigenvalue weighted by Gasteiger charge is -2.16. The number of rotatable bonds is 0. The molecule has 1 aliphatic heterocycles. The van der Waals surface area contributed by atoms with Crippen LogP contribution in [0.5, 0.6) is 0 Å². The van der Waals surface area contributed by atoms with E-state index in [-0.39, 0.29) is 0 Å². The third-order valence-corrected chi connectivity index (χ3v) is 2.62. The van der Waals surface area contributed by atoms with Gasteiger partial charge in [0.25, 0.3) is 0 Å². The molecule has 0 radical (unpaired) electrons. The summed E-state index contributed by atoms with van der Waals surface area (Å²) < 4.78 is 0. The Balaban J connectivity index is 1.98. The highest BCUT2D eigenvalue weighted by atomic mass is 16.1. The molecule has 1 spiro atoms. The predicted molar refractivity (Wildman–Crippen MR) is 32.7 cm³/mol. The molecule has 0 bridgehead atoms. The number of nitrogens with two attached hydrogens (primary N) is 1. The summed E-state index contributed by atoms with van der Waals surface area (Å²) in [5.74, 6) is 0.368. The van der Waals surface area contributed by atoms with E-state index >= 15 is 0 Å². The smallest absolute Gasteiger partial charge is 0.283 e. The summed E-state index contributed by atoms with van der Waals surface area (Å²) in [6.45, 7) is 1.08. The minimum Gasteiger partial charge on any atom is -0.283 e. The molecule has 2 rings (SSSR count). The molecule has 0 aromatic carbocycles. The van der Waals surface area contributed by atoms with Crippen molar-refractivity contribution in [1.82, 2.24) is 0 Å². The quantitative estimate of drug-likeness (QED) is 0.473. The molecular formula is C7H12NO+. The van der Waals surface area contributed by atoms with Crippen LogP contribution in [0.2, 0.25) is 0 Å². The van der Waals surface area contributed by atoms with Crippen LogP contribution in [0.1, 0.15) is 25.7 Å². The minimum atomic E-state index is 0.368. The monoisotopic (exact) mass is 126 g/mol. The first kappa shape index (κ1) is 5.42. The first-order chi connectivity index (χ1) is 4.31. The Morgan fingerprint density at radius 2 is 2.11 bits per heavy atom. The van der Waals surface area contributed by atoms with E-state index in [9.17, 15) is 4.79 Å². The zero-order valence-electron chi connectivity index (χ0n) is 5.52. The van der Waals surface area contributed by atoms with Crippen molar-refractivity contribution in [3.63, 3.8) is 0 Å². The van der Waals surface area contributed by atoms with Gasteiger partial charge in [-0.2, -0.15) is 0 Å². The largest absolute Gasteiger partial charge is 0.310 e. The van der Waals surface area contributed by atoms with E-state index in [1.165, 1.54) is 19.3 Å². The standard InChI is InChI=1S/C7H11NO/c9-6-1-2-7(3-4-7)5-8-6/h1-5H2,(H,8,9)/p+1. The normalized spacial score (nSPS) is 30.9. The molecule has 50 valence electrons. The van der Waals surface area contributed by atoms with E-state index < -0.39 is 0 Å². The van der Waals surface area contributed by atoms with Crippen molar-refractivity contribution in [1.29, 1.82) is 0 Å². The molecule has 9 heavy (non-hydrogen) atoms. The van der Waals surface area contributed by atoms with Crippen LogP contribution in [0.3, 0.4) is 0 Å². The van der Waals surface area contributed by atoms with Crippen molar-refractivity contribution in [3.8, 4) is 0 Å². The molecule has 1 saturated heterocycles. The molecule has 1 heterocycles. The van der Waals surface area contributed by atoms with E-state index in [0.29, 0.717) is 11.3 Å². The van der Waals surface area contributed by atoms with Crippen molar-refractivity contribution < 1.29 is 10.1 Å². The van der Waals surface area contributed by atoms with E-state index in [1.54, 1.807) is 0 Å². The number of hydrogen-bond acceptors (Lipinski definition) is 1. The van der Waals surface area contributed by atoms with Gasteiger partial charge in [-0.3, -0.25) is 5.32 Å². The van der Waals surface area contributed by atoms with Gasteiger partial charge in [-0.05, 0) is 19.3 Å². The maximum absolute atomic E-state index is 10.7. The van der Waals surface area contributed by atoms with Gasteiger partial charge in [-0.1, -0.05) is 0 Å². The number of carbonyl (C=O) groups is 1. The molecular weight excluding hydrogens is 114 g/mol. The number of primary amides is 1. The first-order valence-electron chi connectivity index (χ1n) is 3.67. The number of hydrogen-bond donors (Lipinski definition) is 1. The second-order valence-electron chi connectivity index (χ2n) is 3.37. The zero-order chi connectivity index (χ0) is 6.32. The number of quaternary nitrogens is 1. The fraction of sp³-hybridized carbons (Fsp3) is 0.857. The highest BCUT2D eigenvalue weighted by Gasteiger charge is 2.47. The third kappa shape index (κ3) is 0.874. The van der Waals surface area contributed by atoms with Crippen molar-refractivity contribution in [2.24, 2.45) is 5.41 Å². The molecule has 1 saturated carbocycles. The van der Waals surface area contributed by atoms with Gasteiger partial charge in [0.1, 0.15) is 0 Å². The third-order valence-electron chi connectivity index (χ3n) is 2.62. The fourth-order valence-electron chi connectivity index (χ4n) is 1.55. The van der Waals surface area contributed by atoms with Gasteiger partial charge in [0.2, 0.25) is 0 Å². The topological polar surface area (TPSA) is 33.7 Å². The minimum absolute atomic E-state index is 0.368. The Labute approximate surface area is 54.6 Å². The highest BCUT2D eigenvalue weighted by molar-refractivity contribution is 5.66. The van der Waals surface area contributed by atoms with Gasteiger partial charge in [0.15, 0.2) is 0 Å². The van der Waals surface area contributed by atoms with Gasteiger partial charge in [0.05, 0.1) is 13.0 Å². The Bertz CT molecular complexity index is 137. The molecule has 0 atom stereocenters. The molecule has 2 heteroatoms. The van der Waals surface area contributed by atoms with Gasteiger partial charge in [-0.25, -0.2) is 4.79 Å². The van der Waals surface area contributed by atoms with Crippen LogP contribution in [0.25, 0.3) is 0 Å². The number of amides is 1. The van der Waals surface area contributed by atoms with Crippen molar-refractivity contribution in [3.05, 3.63) is 0 Å². The van der Waals surface area contributed by atoms with Crippen molar-refractivity contribution in [2.45, 2.75) is 25.7 Å². The number of carbonyl (C=O) groups excluding carboxylic acids is 1. The van der Waals surface area contributed by atoms with E-state index in [2.05, 4.69) is 0 Å². The highest BCUT2D eigenvalue weighted by Crippen LogP contribution is 2.48. The summed E-state index contributed by atoms with van der Waals surface area (Å²) in [6, 6.07) is 0. The summed E-state index contributed by atoms with van der Waals surface area (Å²) in [7, 11) is 0. The molecule has 2 fully saturated rings. The molecule has 2 N–H and O–H groups in total. The van der Waals surface area contributed by atoms with Crippen LogP contribution >= 0.6 is 0 Å². The molecule has 0 unspecified atom stereocenters. The summed E-state index contributed by atoms with van der Waals surface area (Å²) >= 11 is 0. The van der Waals surface area contributed by atoms with Gasteiger partial charge in [-0.15, -0.1) is 0 Å². The Morgan fingerprint density at radius 1 is 1.33 bits per heavy atom. The number of piperidine rings is 1. The van der Waals surface area contributed by atoms with E-state index in [1.807, 2.05) is 5.32 Å². The Kier molecular flexibility index (Phi) is 0.943. The van der Waals surface area contributed by atoms with Crippen LogP contribution in [0.15, 0.2) is 0 Å². The van der Waals surface area contributed by atoms with E-state index in [4.69, 9.17) is 0 Å². The molecule has 1 amide bonds. The van der Waals surface area contributed by atoms with Crippen LogP contribution < -0.4 is 5.32 Å². The second-order valence-corrected chi connectivity index (χ2v) is 3.37. The van der Waals surface area contributed by atoms with Crippen LogP contribution in [0, 0.1) is 5.41 Å². The van der Waals surface area contributed by atoms with Crippen LogP contribution in [-0.2, 0) is 4.79 Å². The predicted octanol–water partition coefficient (Wildman–Crippen LogP) is -0.350. The fourth-order valence-corrected chi connectivity index (χ4v) is 1.55. The lowest BCUT2D eigenvalue weighted by Crippen LogP contribution is -2.91. The van der Waals surface area contributed by atoms with Gasteiger partial charge in [0, 0.05) is 5.41 Å². The SMILES string of the molecule is O=C1CCC2(CC2)C[NH2+]1. The average Bonchev–Trinajstić information content (AvgIpc) is 2.60. The Morgan fingerprint density at radius 3 is 2.56 bits per heavy atom. The molecule has 2 aliphatic rings. The zero-order valence-corrected chi connectivity index (χ0v) is 5.52. The molecule has 0 aromatic heterocycles. The Hall–Kier alpha value is -0.370. The van der Waals surface area contributed by atoms with Crippen LogP contribution in [0.4, 0.5) is 0 Å². The maximum atomic E-state index is 10.7. The van der Waals surface area contributed by atoms with Gasteiger partial charge >= 0.3 is 5.91 Å². The summed E-state index contributed by atoms with van der Waals surface area (Å²) in [6.07, 6.45) is 4.73. The summed E-state index contributed by atoms with van der Waals surface area (Å²) in [5, 5.41) is 1.89. The summed E-state index contributed by atoms with van der Waals surface area (Å²) in [4.78, 5) is 10.7. The summed E-state index contributed by atoms with van der Waals surface area (Å²) in [5.41, 5.74) is 0.633. The first-order valence-corrected chi connectivity index (χ1v) is 3.67. The van der Waals surface area contributed by atoms with Crippen molar-refractivity contribution in [2.75, 3.05) is 6.54 Å². The lowest BCUT2D eigenvalue weighted by atomic mass is 9.96. The molecule has 1 aliphatic carbocycles. The maximum Gasteiger partial charge on any atom is 0.310 e.